The lowest BCUT2D eigenvalue weighted by Crippen LogP contribution is -1.93. The van der Waals surface area contributed by atoms with Gasteiger partial charge in [-0.2, -0.15) is 0 Å². The third-order valence-corrected chi connectivity index (χ3v) is 1.34. The van der Waals surface area contributed by atoms with Gasteiger partial charge in [-0.15, -0.1) is 0 Å². The van der Waals surface area contributed by atoms with Gasteiger partial charge in [-0.25, -0.2) is 8.78 Å². The predicted octanol–water partition coefficient (Wildman–Crippen LogP) is 2.02. The number of benzene rings is 1. The lowest BCUT2D eigenvalue weighted by molar-refractivity contribution is 0.198. The number of halogens is 2. The van der Waals surface area contributed by atoms with E-state index >= 15 is 0 Å². The van der Waals surface area contributed by atoms with E-state index in [9.17, 15) is 8.78 Å². The van der Waals surface area contributed by atoms with Crippen LogP contribution in [0.25, 0.3) is 0 Å². The van der Waals surface area contributed by atoms with E-state index in [0.29, 0.717) is 0 Å². The van der Waals surface area contributed by atoms with Gasteiger partial charge in [0.25, 0.3) is 0 Å². The first kappa shape index (κ1) is 6.73. The van der Waals surface area contributed by atoms with Crippen LogP contribution in [-0.4, -0.2) is 5.11 Å². The highest BCUT2D eigenvalue weighted by Gasteiger charge is 2.05. The SMILES string of the molecule is [2H]C(C)(O)c1ccc(F)c(F)c1. The topological polar surface area (TPSA) is 20.2 Å². The lowest BCUT2D eigenvalue weighted by Gasteiger charge is -2.03. The Morgan fingerprint density at radius 2 is 2.09 bits per heavy atom. The molecule has 3 heteroatoms. The summed E-state index contributed by atoms with van der Waals surface area (Å²) in [5.74, 6) is -2.04. The highest BCUT2D eigenvalue weighted by Crippen LogP contribution is 2.14. The third kappa shape index (κ3) is 1.74. The first-order valence-corrected chi connectivity index (χ1v) is 3.09. The number of aliphatic hydroxyl groups is 1. The molecule has 0 amide bonds. The molecule has 1 N–H and O–H groups in total. The van der Waals surface area contributed by atoms with Crippen molar-refractivity contribution in [2.24, 2.45) is 0 Å². The summed E-state index contributed by atoms with van der Waals surface area (Å²) in [5.41, 5.74) is 0.0291. The summed E-state index contributed by atoms with van der Waals surface area (Å²) in [5, 5.41) is 9.08. The molecule has 1 rings (SSSR count). The molecule has 0 radical (unpaired) electrons. The Morgan fingerprint density at radius 3 is 2.55 bits per heavy atom. The number of hydrogen-bond donors (Lipinski definition) is 1. The van der Waals surface area contributed by atoms with E-state index in [4.69, 9.17) is 6.48 Å². The maximum atomic E-state index is 12.5. The van der Waals surface area contributed by atoms with Crippen LogP contribution in [-0.2, 0) is 0 Å². The predicted molar refractivity (Wildman–Crippen MR) is 37.0 cm³/mol. The van der Waals surface area contributed by atoms with E-state index < -0.39 is 17.7 Å². The molecule has 1 aromatic carbocycles. The minimum absolute atomic E-state index is 0.0291. The van der Waals surface area contributed by atoms with E-state index in [1.54, 1.807) is 0 Å². The number of rotatable bonds is 1. The van der Waals surface area contributed by atoms with Gasteiger partial charge < -0.3 is 5.11 Å². The van der Waals surface area contributed by atoms with E-state index in [-0.39, 0.29) is 5.56 Å². The molecule has 0 spiro atoms. The van der Waals surface area contributed by atoms with E-state index in [1.165, 1.54) is 13.0 Å². The van der Waals surface area contributed by atoms with Gasteiger partial charge >= 0.3 is 0 Å². The normalized spacial score (nSPS) is 17.3. The van der Waals surface area contributed by atoms with Crippen molar-refractivity contribution in [2.75, 3.05) is 0 Å². The quantitative estimate of drug-likeness (QED) is 0.664. The van der Waals surface area contributed by atoms with Crippen molar-refractivity contribution in [3.8, 4) is 0 Å². The molecule has 1 nitrogen and oxygen atoms in total. The minimum atomic E-state index is -1.88. The van der Waals surface area contributed by atoms with Crippen LogP contribution in [0.1, 0.15) is 19.9 Å². The monoisotopic (exact) mass is 159 g/mol. The zero-order valence-corrected chi connectivity index (χ0v) is 5.94. The van der Waals surface area contributed by atoms with Crippen molar-refractivity contribution < 1.29 is 15.3 Å². The molecular formula is C8H8F2O. The second kappa shape index (κ2) is 2.96. The molecule has 0 bridgehead atoms. The Morgan fingerprint density at radius 1 is 1.45 bits per heavy atom. The lowest BCUT2D eigenvalue weighted by atomic mass is 10.1. The first-order chi connectivity index (χ1) is 5.41. The average Bonchev–Trinajstić information content (AvgIpc) is 1.92. The molecule has 60 valence electrons. The summed E-state index contributed by atoms with van der Waals surface area (Å²) in [4.78, 5) is 0. The minimum Gasteiger partial charge on any atom is -0.389 e. The maximum absolute atomic E-state index is 12.5. The van der Waals surface area contributed by atoms with Gasteiger partial charge in [0, 0.05) is 0 Å². The van der Waals surface area contributed by atoms with Crippen molar-refractivity contribution in [1.82, 2.24) is 0 Å². The van der Waals surface area contributed by atoms with E-state index in [1.807, 2.05) is 0 Å². The Bertz CT molecular complexity index is 294. The van der Waals surface area contributed by atoms with Crippen molar-refractivity contribution in [3.05, 3.63) is 35.4 Å². The highest BCUT2D eigenvalue weighted by atomic mass is 19.2. The summed E-state index contributed by atoms with van der Waals surface area (Å²) in [7, 11) is 0. The summed E-state index contributed by atoms with van der Waals surface area (Å²) in [6, 6.07) is 2.86. The van der Waals surface area contributed by atoms with Crippen molar-refractivity contribution >= 4 is 0 Å². The van der Waals surface area contributed by atoms with E-state index in [2.05, 4.69) is 0 Å². The van der Waals surface area contributed by atoms with Crippen LogP contribution >= 0.6 is 0 Å². The van der Waals surface area contributed by atoms with Crippen molar-refractivity contribution in [2.45, 2.75) is 13.0 Å². The third-order valence-electron chi connectivity index (χ3n) is 1.34. The standard InChI is InChI=1S/C8H8F2O/c1-5(11)6-2-3-7(9)8(10)4-6/h2-5,11H,1H3/i5D. The average molecular weight is 159 g/mol. The Kier molecular flexibility index (Phi) is 1.81. The second-order valence-electron chi connectivity index (χ2n) is 2.21. The molecule has 0 aliphatic rings. The van der Waals surface area contributed by atoms with Crippen molar-refractivity contribution in [3.63, 3.8) is 0 Å². The molecule has 0 aliphatic carbocycles. The molecule has 0 saturated carbocycles. The molecule has 0 fully saturated rings. The molecule has 1 atom stereocenters. The van der Waals surface area contributed by atoms with Gasteiger partial charge in [0.05, 0.1) is 7.45 Å². The van der Waals surface area contributed by atoms with E-state index in [0.717, 1.165) is 12.1 Å². The fourth-order valence-electron chi connectivity index (χ4n) is 0.721. The van der Waals surface area contributed by atoms with Gasteiger partial charge in [-0.1, -0.05) is 6.07 Å². The molecular weight excluding hydrogens is 150 g/mol. The Balaban J connectivity index is 3.14. The van der Waals surface area contributed by atoms with Gasteiger partial charge in [0.1, 0.15) is 0 Å². The zero-order chi connectivity index (χ0) is 9.35. The van der Waals surface area contributed by atoms with Crippen LogP contribution in [0.2, 0.25) is 0 Å². The van der Waals surface area contributed by atoms with Crippen LogP contribution in [0.15, 0.2) is 18.2 Å². The molecule has 1 unspecified atom stereocenters. The molecule has 11 heavy (non-hydrogen) atoms. The molecule has 0 saturated heterocycles. The van der Waals surface area contributed by atoms with Gasteiger partial charge in [0.2, 0.25) is 0 Å². The largest absolute Gasteiger partial charge is 0.389 e. The molecule has 0 aromatic heterocycles. The van der Waals surface area contributed by atoms with Crippen LogP contribution in [0, 0.1) is 11.6 Å². The zero-order valence-electron chi connectivity index (χ0n) is 6.94. The van der Waals surface area contributed by atoms with Crippen LogP contribution in [0.5, 0.6) is 0 Å². The van der Waals surface area contributed by atoms with Gasteiger partial charge in [0.15, 0.2) is 11.6 Å². The number of hydrogen-bond acceptors (Lipinski definition) is 1. The summed E-state index contributed by atoms with van der Waals surface area (Å²) in [6.07, 6.45) is -1.88. The highest BCUT2D eigenvalue weighted by molar-refractivity contribution is 5.19. The van der Waals surface area contributed by atoms with Gasteiger partial charge in [-0.3, -0.25) is 0 Å². The van der Waals surface area contributed by atoms with Crippen LogP contribution in [0.4, 0.5) is 8.78 Å². The molecule has 1 aromatic rings. The summed E-state index contributed by atoms with van der Waals surface area (Å²) in [6.45, 7) is 1.18. The summed E-state index contributed by atoms with van der Waals surface area (Å²) >= 11 is 0. The smallest absolute Gasteiger partial charge is 0.159 e. The van der Waals surface area contributed by atoms with Crippen molar-refractivity contribution in [1.29, 1.82) is 0 Å². The maximum Gasteiger partial charge on any atom is 0.159 e. The molecule has 0 aliphatic heterocycles. The van der Waals surface area contributed by atoms with Gasteiger partial charge in [-0.05, 0) is 24.6 Å². The second-order valence-corrected chi connectivity index (χ2v) is 2.21. The fourth-order valence-corrected chi connectivity index (χ4v) is 0.721. The Hall–Kier alpha value is -0.960. The first-order valence-electron chi connectivity index (χ1n) is 3.59. The van der Waals surface area contributed by atoms with Crippen LogP contribution < -0.4 is 0 Å². The summed E-state index contributed by atoms with van der Waals surface area (Å²) < 4.78 is 32.0. The Labute approximate surface area is 64.7 Å². The van der Waals surface area contributed by atoms with Crippen LogP contribution in [0.3, 0.4) is 0 Å². The molecule has 0 heterocycles. The fraction of sp³-hybridized carbons (Fsp3) is 0.250.